The molecule has 1 heterocycles. The first-order valence-electron chi connectivity index (χ1n) is 8.70. The van der Waals surface area contributed by atoms with Crippen LogP contribution >= 0.6 is 0 Å². The Hall–Kier alpha value is -0.875. The van der Waals surface area contributed by atoms with Crippen molar-refractivity contribution in [1.29, 1.82) is 0 Å². The molecule has 2 bridgehead atoms. The molecular formula is C18H28BFO4. The summed E-state index contributed by atoms with van der Waals surface area (Å²) in [6.45, 7) is 13.4. The van der Waals surface area contributed by atoms with Crippen molar-refractivity contribution in [3.05, 3.63) is 11.3 Å². The van der Waals surface area contributed by atoms with E-state index in [9.17, 15) is 9.90 Å². The molecule has 0 aromatic rings. The number of rotatable bonds is 2. The lowest BCUT2D eigenvalue weighted by molar-refractivity contribution is -0.154. The molecule has 2 unspecified atom stereocenters. The third-order valence-electron chi connectivity index (χ3n) is 7.93. The molecule has 134 valence electrons. The van der Waals surface area contributed by atoms with E-state index < -0.39 is 46.3 Å². The summed E-state index contributed by atoms with van der Waals surface area (Å²) in [6, 6.07) is 0. The fourth-order valence-corrected chi connectivity index (χ4v) is 4.84. The van der Waals surface area contributed by atoms with Crippen molar-refractivity contribution >= 4 is 13.1 Å². The lowest BCUT2D eigenvalue weighted by atomic mass is 9.64. The van der Waals surface area contributed by atoms with Crippen molar-refractivity contribution in [3.63, 3.8) is 0 Å². The Labute approximate surface area is 143 Å². The number of carboxylic acid groups (broad SMARTS) is 1. The maximum atomic E-state index is 15.4. The molecule has 0 aromatic carbocycles. The second-order valence-corrected chi connectivity index (χ2v) is 9.44. The van der Waals surface area contributed by atoms with Crippen LogP contribution in [0, 0.1) is 16.2 Å². The third kappa shape index (κ3) is 1.84. The zero-order valence-corrected chi connectivity index (χ0v) is 15.7. The largest absolute Gasteiger partial charge is 0.525 e. The minimum Gasteiger partial charge on any atom is -0.481 e. The first-order valence-corrected chi connectivity index (χ1v) is 8.70. The number of hydrogen-bond donors (Lipinski definition) is 1. The Morgan fingerprint density at radius 3 is 1.96 bits per heavy atom. The quantitative estimate of drug-likeness (QED) is 0.769. The fraction of sp³-hybridized carbons (Fsp3) is 0.833. The van der Waals surface area contributed by atoms with Gasteiger partial charge in [0.1, 0.15) is 5.73 Å². The average molecular weight is 338 g/mol. The van der Waals surface area contributed by atoms with Gasteiger partial charge in [0.2, 0.25) is 0 Å². The van der Waals surface area contributed by atoms with Gasteiger partial charge in [-0.3, -0.25) is 4.79 Å². The summed E-state index contributed by atoms with van der Waals surface area (Å²) in [5, 5.41) is 9.86. The Bertz CT molecular complexity index is 623. The molecule has 6 heteroatoms. The number of halogens is 1. The number of allylic oxidation sites excluding steroid dienone is 1. The van der Waals surface area contributed by atoms with Crippen molar-refractivity contribution < 1.29 is 23.6 Å². The first kappa shape index (κ1) is 17.9. The summed E-state index contributed by atoms with van der Waals surface area (Å²) in [7, 11) is -1.05. The molecule has 0 radical (unpaired) electrons. The van der Waals surface area contributed by atoms with Gasteiger partial charge in [-0.1, -0.05) is 20.8 Å². The normalized spacial score (nSPS) is 40.9. The third-order valence-corrected chi connectivity index (χ3v) is 7.93. The molecule has 3 rings (SSSR count). The highest BCUT2D eigenvalue weighted by Crippen LogP contribution is 2.75. The Morgan fingerprint density at radius 1 is 1.04 bits per heavy atom. The van der Waals surface area contributed by atoms with E-state index in [2.05, 4.69) is 0 Å². The molecular weight excluding hydrogens is 310 g/mol. The van der Waals surface area contributed by atoms with E-state index in [1.807, 2.05) is 48.5 Å². The van der Waals surface area contributed by atoms with Crippen molar-refractivity contribution in [1.82, 2.24) is 0 Å². The molecule has 1 saturated heterocycles. The zero-order valence-electron chi connectivity index (χ0n) is 15.7. The molecule has 1 aliphatic heterocycles. The lowest BCUT2D eigenvalue weighted by Gasteiger charge is -2.38. The van der Waals surface area contributed by atoms with E-state index in [0.29, 0.717) is 18.4 Å². The standard InChI is InChI=1S/C18H28BFO4/c1-14(2)17(7)8-9-18(14,13(21)22)10-11(17)12(20)19-23-15(3,4)16(5,6)24-19/h8-10H2,1-7H3,(H,21,22). The van der Waals surface area contributed by atoms with Crippen molar-refractivity contribution in [2.75, 3.05) is 0 Å². The molecule has 3 aliphatic rings. The van der Waals surface area contributed by atoms with E-state index in [1.54, 1.807) is 0 Å². The summed E-state index contributed by atoms with van der Waals surface area (Å²) >= 11 is 0. The summed E-state index contributed by atoms with van der Waals surface area (Å²) in [4.78, 5) is 12.0. The Morgan fingerprint density at radius 2 is 1.54 bits per heavy atom. The zero-order chi connectivity index (χ0) is 18.3. The molecule has 0 aromatic heterocycles. The van der Waals surface area contributed by atoms with E-state index in [0.717, 1.165) is 0 Å². The van der Waals surface area contributed by atoms with Gasteiger partial charge in [-0.05, 0) is 63.4 Å². The van der Waals surface area contributed by atoms with Crippen molar-refractivity contribution in [3.8, 4) is 0 Å². The molecule has 0 spiro atoms. The average Bonchev–Trinajstić information content (AvgIpc) is 2.85. The van der Waals surface area contributed by atoms with Crippen LogP contribution in [0.25, 0.3) is 0 Å². The highest BCUT2D eigenvalue weighted by atomic mass is 19.1. The van der Waals surface area contributed by atoms with Crippen LogP contribution in [-0.4, -0.2) is 29.4 Å². The van der Waals surface area contributed by atoms with Gasteiger partial charge in [0, 0.05) is 0 Å². The van der Waals surface area contributed by atoms with Gasteiger partial charge in [0.25, 0.3) is 0 Å². The first-order chi connectivity index (χ1) is 10.7. The van der Waals surface area contributed by atoms with Crippen LogP contribution in [0.5, 0.6) is 0 Å². The molecule has 1 N–H and O–H groups in total. The van der Waals surface area contributed by atoms with E-state index in [4.69, 9.17) is 9.31 Å². The van der Waals surface area contributed by atoms with Gasteiger partial charge in [-0.2, -0.15) is 0 Å². The number of carboxylic acids is 1. The lowest BCUT2D eigenvalue weighted by Crippen LogP contribution is -2.41. The maximum absolute atomic E-state index is 15.4. The molecule has 2 atom stereocenters. The van der Waals surface area contributed by atoms with Crippen LogP contribution in [0.2, 0.25) is 0 Å². The number of fused-ring (bicyclic) bond motifs is 2. The monoisotopic (exact) mass is 338 g/mol. The predicted octanol–water partition coefficient (Wildman–Crippen LogP) is 4.14. The Kier molecular flexibility index (Phi) is 3.47. The summed E-state index contributed by atoms with van der Waals surface area (Å²) in [6.07, 6.45) is 1.50. The highest BCUT2D eigenvalue weighted by molar-refractivity contribution is 6.54. The van der Waals surface area contributed by atoms with Crippen LogP contribution in [-0.2, 0) is 14.1 Å². The van der Waals surface area contributed by atoms with Crippen molar-refractivity contribution in [2.45, 2.75) is 78.9 Å². The highest BCUT2D eigenvalue weighted by Gasteiger charge is 2.72. The van der Waals surface area contributed by atoms with E-state index in [1.165, 1.54) is 0 Å². The number of carbonyl (C=O) groups is 1. The van der Waals surface area contributed by atoms with Crippen LogP contribution in [0.15, 0.2) is 11.3 Å². The van der Waals surface area contributed by atoms with Crippen molar-refractivity contribution in [2.24, 2.45) is 16.2 Å². The minimum absolute atomic E-state index is 0.238. The van der Waals surface area contributed by atoms with Crippen LogP contribution < -0.4 is 0 Å². The number of hydrogen-bond acceptors (Lipinski definition) is 3. The van der Waals surface area contributed by atoms with Gasteiger partial charge in [-0.25, -0.2) is 4.39 Å². The molecule has 0 amide bonds. The summed E-state index contributed by atoms with van der Waals surface area (Å²) in [5.74, 6) is -0.826. The van der Waals surface area contributed by atoms with Crippen LogP contribution in [0.3, 0.4) is 0 Å². The second-order valence-electron chi connectivity index (χ2n) is 9.44. The van der Waals surface area contributed by atoms with Crippen LogP contribution in [0.4, 0.5) is 4.39 Å². The van der Waals surface area contributed by atoms with Gasteiger partial charge in [-0.15, -0.1) is 0 Å². The minimum atomic E-state index is -1.05. The molecule has 24 heavy (non-hydrogen) atoms. The molecule has 2 saturated carbocycles. The topological polar surface area (TPSA) is 55.8 Å². The summed E-state index contributed by atoms with van der Waals surface area (Å²) in [5.41, 5.74) is -2.99. The molecule has 4 nitrogen and oxygen atoms in total. The van der Waals surface area contributed by atoms with Gasteiger partial charge < -0.3 is 14.4 Å². The second kappa shape index (κ2) is 4.64. The Balaban J connectivity index is 2.05. The predicted molar refractivity (Wildman–Crippen MR) is 90.0 cm³/mol. The van der Waals surface area contributed by atoms with E-state index >= 15 is 4.39 Å². The van der Waals surface area contributed by atoms with Gasteiger partial charge in [0.15, 0.2) is 0 Å². The van der Waals surface area contributed by atoms with Gasteiger partial charge >= 0.3 is 13.1 Å². The van der Waals surface area contributed by atoms with E-state index in [-0.39, 0.29) is 6.42 Å². The maximum Gasteiger partial charge on any atom is 0.525 e. The van der Waals surface area contributed by atoms with Gasteiger partial charge in [0.05, 0.1) is 16.6 Å². The smallest absolute Gasteiger partial charge is 0.481 e. The van der Waals surface area contributed by atoms with Crippen LogP contribution in [0.1, 0.15) is 67.7 Å². The number of aliphatic carboxylic acids is 1. The molecule has 3 fully saturated rings. The molecule has 2 aliphatic carbocycles. The summed E-state index contributed by atoms with van der Waals surface area (Å²) < 4.78 is 27.1. The SMILES string of the molecule is CC1(C)OB(C(F)=C2CC3(C(=O)O)CCC2(C)C3(C)C)OC1(C)C. The fourth-order valence-electron chi connectivity index (χ4n) is 4.84.